The number of carbonyl (C=O) groups is 1. The molecule has 0 aliphatic rings. The second-order valence-corrected chi connectivity index (χ2v) is 8.38. The van der Waals surface area contributed by atoms with Crippen LogP contribution in [0.3, 0.4) is 0 Å². The number of aliphatic hydroxyl groups is 1. The van der Waals surface area contributed by atoms with Crippen LogP contribution in [0.25, 0.3) is 0 Å². The summed E-state index contributed by atoms with van der Waals surface area (Å²) in [6.07, 6.45) is -0.146. The first-order valence-corrected chi connectivity index (χ1v) is 8.97. The summed E-state index contributed by atoms with van der Waals surface area (Å²) in [5, 5.41) is 18.7. The van der Waals surface area contributed by atoms with E-state index in [0.29, 0.717) is 25.3 Å². The Kier molecular flexibility index (Phi) is 9.17. The number of aliphatic hydroxyl groups excluding tert-OH is 1. The topological polar surface area (TPSA) is 84.6 Å². The Balaban J connectivity index is 4.33. The van der Waals surface area contributed by atoms with Gasteiger partial charge in [-0.2, -0.15) is 0 Å². The summed E-state index contributed by atoms with van der Waals surface area (Å²) in [6, 6.07) is 0. The number of carbonyl (C=O) groups excluding carboxylic acids is 1. The SMILES string of the molecule is COCC(C)(C)C(O)C(C)(C)CNC(=O)CCSSN. The summed E-state index contributed by atoms with van der Waals surface area (Å²) < 4.78 is 5.15. The molecule has 0 aromatic heterocycles. The van der Waals surface area contributed by atoms with Crippen molar-refractivity contribution in [2.75, 3.05) is 26.0 Å². The van der Waals surface area contributed by atoms with Crippen LogP contribution < -0.4 is 10.5 Å². The molecule has 1 atom stereocenters. The molecule has 0 fully saturated rings. The third-order valence-corrected chi connectivity index (χ3v) is 4.63. The van der Waals surface area contributed by atoms with E-state index in [1.807, 2.05) is 27.7 Å². The molecule has 0 aromatic carbocycles. The van der Waals surface area contributed by atoms with Crippen molar-refractivity contribution in [2.24, 2.45) is 16.0 Å². The molecule has 0 aliphatic heterocycles. The minimum absolute atomic E-state index is 0.0172. The maximum atomic E-state index is 11.7. The Hall–Kier alpha value is 0.0500. The molecule has 0 saturated carbocycles. The largest absolute Gasteiger partial charge is 0.392 e. The third kappa shape index (κ3) is 7.17. The first kappa shape index (κ1) is 20.1. The first-order chi connectivity index (χ1) is 9.17. The van der Waals surface area contributed by atoms with Gasteiger partial charge in [0.25, 0.3) is 0 Å². The van der Waals surface area contributed by atoms with Crippen LogP contribution in [0, 0.1) is 10.8 Å². The van der Waals surface area contributed by atoms with Gasteiger partial charge in [-0.15, -0.1) is 0 Å². The molecule has 0 rings (SSSR count). The molecular weight excluding hydrogens is 296 g/mol. The monoisotopic (exact) mass is 324 g/mol. The highest BCUT2D eigenvalue weighted by Gasteiger charge is 2.39. The van der Waals surface area contributed by atoms with Gasteiger partial charge in [-0.05, 0) is 11.0 Å². The summed E-state index contributed by atoms with van der Waals surface area (Å²) >= 11 is 0. The summed E-state index contributed by atoms with van der Waals surface area (Å²) in [5.41, 5.74) is -0.789. The standard InChI is InChI=1S/C13H28N2O3S2/c1-12(2,11(17)13(3,4)9-18-5)8-15-10(16)6-7-19-20-14/h11,17H,6-9,14H2,1-5H3,(H,15,16). The molecule has 0 heterocycles. The van der Waals surface area contributed by atoms with E-state index in [-0.39, 0.29) is 11.3 Å². The first-order valence-electron chi connectivity index (χ1n) is 6.59. The number of hydrogen-bond donors (Lipinski definition) is 3. The van der Waals surface area contributed by atoms with Gasteiger partial charge >= 0.3 is 0 Å². The molecule has 0 aliphatic carbocycles. The van der Waals surface area contributed by atoms with Gasteiger partial charge in [-0.25, -0.2) is 0 Å². The van der Waals surface area contributed by atoms with Crippen molar-refractivity contribution in [1.82, 2.24) is 5.32 Å². The maximum absolute atomic E-state index is 11.7. The van der Waals surface area contributed by atoms with E-state index < -0.39 is 11.5 Å². The highest BCUT2D eigenvalue weighted by Crippen LogP contribution is 2.34. The Bertz CT molecular complexity index is 299. The van der Waals surface area contributed by atoms with Crippen molar-refractivity contribution < 1.29 is 14.6 Å². The summed E-state index contributed by atoms with van der Waals surface area (Å²) in [6.45, 7) is 8.70. The zero-order chi connectivity index (χ0) is 15.8. The number of hydrogen-bond acceptors (Lipinski definition) is 6. The van der Waals surface area contributed by atoms with Gasteiger partial charge in [0.1, 0.15) is 0 Å². The number of methoxy groups -OCH3 is 1. The van der Waals surface area contributed by atoms with Crippen LogP contribution in [0.2, 0.25) is 0 Å². The molecule has 1 amide bonds. The normalized spacial score (nSPS) is 14.2. The molecular formula is C13H28N2O3S2. The summed E-state index contributed by atoms with van der Waals surface area (Å²) in [7, 11) is 4.24. The molecule has 1 unspecified atom stereocenters. The second-order valence-electron chi connectivity index (χ2n) is 6.26. The molecule has 20 heavy (non-hydrogen) atoms. The average Bonchev–Trinajstić information content (AvgIpc) is 2.36. The molecule has 0 radical (unpaired) electrons. The van der Waals surface area contributed by atoms with Gasteiger partial charge < -0.3 is 15.2 Å². The number of nitrogens with two attached hydrogens (primary N) is 1. The van der Waals surface area contributed by atoms with Gasteiger partial charge in [0, 0.05) is 36.7 Å². The van der Waals surface area contributed by atoms with Crippen molar-refractivity contribution in [3.05, 3.63) is 0 Å². The maximum Gasteiger partial charge on any atom is 0.220 e. The van der Waals surface area contributed by atoms with Crippen molar-refractivity contribution in [1.29, 1.82) is 0 Å². The van der Waals surface area contributed by atoms with Crippen molar-refractivity contribution in [2.45, 2.75) is 40.2 Å². The molecule has 0 spiro atoms. The van der Waals surface area contributed by atoms with Gasteiger partial charge in [-0.3, -0.25) is 9.93 Å². The predicted molar refractivity (Wildman–Crippen MR) is 87.3 cm³/mol. The van der Waals surface area contributed by atoms with Gasteiger partial charge in [0.05, 0.1) is 12.7 Å². The quantitative estimate of drug-likeness (QED) is 0.323. The van der Waals surface area contributed by atoms with Gasteiger partial charge in [0.2, 0.25) is 5.91 Å². The Morgan fingerprint density at radius 3 is 2.45 bits per heavy atom. The fourth-order valence-electron chi connectivity index (χ4n) is 2.20. The van der Waals surface area contributed by atoms with Crippen LogP contribution in [0.15, 0.2) is 0 Å². The lowest BCUT2D eigenvalue weighted by Crippen LogP contribution is -2.49. The zero-order valence-electron chi connectivity index (χ0n) is 13.1. The molecule has 0 aromatic rings. The van der Waals surface area contributed by atoms with Crippen LogP contribution in [-0.4, -0.2) is 43.1 Å². The smallest absolute Gasteiger partial charge is 0.220 e. The lowest BCUT2D eigenvalue weighted by molar-refractivity contribution is -0.122. The van der Waals surface area contributed by atoms with Gasteiger partial charge in [-0.1, -0.05) is 38.5 Å². The fraction of sp³-hybridized carbons (Fsp3) is 0.923. The predicted octanol–water partition coefficient (Wildman–Crippen LogP) is 1.81. The summed E-state index contributed by atoms with van der Waals surface area (Å²) in [5.74, 6) is 0.668. The van der Waals surface area contributed by atoms with E-state index in [1.165, 1.54) is 10.8 Å². The number of rotatable bonds is 10. The van der Waals surface area contributed by atoms with E-state index in [2.05, 4.69) is 5.32 Å². The minimum atomic E-state index is -0.579. The lowest BCUT2D eigenvalue weighted by Gasteiger charge is -2.40. The van der Waals surface area contributed by atoms with Crippen molar-refractivity contribution >= 4 is 27.7 Å². The number of ether oxygens (including phenoxy) is 1. The van der Waals surface area contributed by atoms with Crippen molar-refractivity contribution in [3.8, 4) is 0 Å². The van der Waals surface area contributed by atoms with E-state index >= 15 is 0 Å². The second kappa shape index (κ2) is 9.15. The highest BCUT2D eigenvalue weighted by atomic mass is 33.1. The van der Waals surface area contributed by atoms with Crippen LogP contribution in [0.5, 0.6) is 0 Å². The molecule has 7 heteroatoms. The van der Waals surface area contributed by atoms with Crippen LogP contribution in [0.4, 0.5) is 0 Å². The fourth-order valence-corrected chi connectivity index (χ4v) is 3.11. The number of nitrogens with one attached hydrogen (secondary N) is 1. The van der Waals surface area contributed by atoms with E-state index in [1.54, 1.807) is 7.11 Å². The molecule has 120 valence electrons. The highest BCUT2D eigenvalue weighted by molar-refractivity contribution is 8.75. The number of amides is 1. The van der Waals surface area contributed by atoms with Crippen LogP contribution >= 0.6 is 21.8 Å². The summed E-state index contributed by atoms with van der Waals surface area (Å²) in [4.78, 5) is 11.7. The Labute approximate surface area is 130 Å². The van der Waals surface area contributed by atoms with Crippen molar-refractivity contribution in [3.63, 3.8) is 0 Å². The van der Waals surface area contributed by atoms with E-state index in [4.69, 9.17) is 9.88 Å². The van der Waals surface area contributed by atoms with Gasteiger partial charge in [0.15, 0.2) is 0 Å². The molecule has 0 saturated heterocycles. The third-order valence-electron chi connectivity index (χ3n) is 3.22. The zero-order valence-corrected chi connectivity index (χ0v) is 14.7. The molecule has 0 bridgehead atoms. The molecule has 5 nitrogen and oxygen atoms in total. The Morgan fingerprint density at radius 1 is 1.35 bits per heavy atom. The van der Waals surface area contributed by atoms with Crippen LogP contribution in [0.1, 0.15) is 34.1 Å². The van der Waals surface area contributed by atoms with Crippen LogP contribution in [-0.2, 0) is 9.53 Å². The van der Waals surface area contributed by atoms with E-state index in [9.17, 15) is 9.90 Å². The minimum Gasteiger partial charge on any atom is -0.392 e. The average molecular weight is 325 g/mol. The molecule has 4 N–H and O–H groups in total. The van der Waals surface area contributed by atoms with E-state index in [0.717, 1.165) is 11.0 Å². The lowest BCUT2D eigenvalue weighted by atomic mass is 9.72. The Morgan fingerprint density at radius 2 is 1.95 bits per heavy atom.